The van der Waals surface area contributed by atoms with Crippen molar-refractivity contribution in [3.05, 3.63) is 230 Å². The zero-order valence-electron chi connectivity index (χ0n) is 36.3. The topological polar surface area (TPSA) is 0 Å². The zero-order chi connectivity index (χ0) is 43.0. The number of hydrogen-bond donors (Lipinski definition) is 0. The monoisotopic (exact) mass is 822 g/mol. The molecular formula is C65H42. The molecule has 0 amide bonds. The molecule has 0 unspecified atom stereocenters. The molecule has 14 rings (SSSR count). The van der Waals surface area contributed by atoms with Crippen LogP contribution in [0.15, 0.2) is 218 Å². The highest BCUT2D eigenvalue weighted by molar-refractivity contribution is 6.29. The van der Waals surface area contributed by atoms with E-state index >= 15 is 0 Å². The first kappa shape index (κ1) is 36.4. The molecule has 0 bridgehead atoms. The van der Waals surface area contributed by atoms with Gasteiger partial charge in [0.15, 0.2) is 0 Å². The minimum Gasteiger partial charge on any atom is -0.0622 e. The van der Waals surface area contributed by atoms with Gasteiger partial charge in [0.2, 0.25) is 0 Å². The second-order valence-electron chi connectivity index (χ2n) is 18.6. The van der Waals surface area contributed by atoms with Gasteiger partial charge in [-0.3, -0.25) is 0 Å². The predicted octanol–water partition coefficient (Wildman–Crippen LogP) is 18.1. The maximum absolute atomic E-state index is 2.52. The molecule has 0 aliphatic heterocycles. The standard InChI is InChI=1S/C65H42/c1-65(2)56-38-55(46-24-10-12-25-48(46)60(56)63-49-26-13-9-22-44(49)45-23-11-16-29-52(45)64(63)65)40-34-32-39(33-35-40)43-36-37-54-59-47(43)30-17-31-53(59)61-57(41-18-5-3-6-19-41)50-27-14-15-28-51(50)58(62(54)61)42-20-7-4-8-21-42/h3-38H,1-2H3. The van der Waals surface area contributed by atoms with Crippen LogP contribution in [0.25, 0.3) is 132 Å². The van der Waals surface area contributed by atoms with E-state index in [2.05, 4.69) is 232 Å². The summed E-state index contributed by atoms with van der Waals surface area (Å²) >= 11 is 0. The van der Waals surface area contributed by atoms with Crippen LogP contribution in [0, 0.1) is 0 Å². The molecule has 302 valence electrons. The fourth-order valence-electron chi connectivity index (χ4n) is 12.3. The largest absolute Gasteiger partial charge is 0.0622 e. The third-order valence-corrected chi connectivity index (χ3v) is 15.0. The minimum absolute atomic E-state index is 0.193. The second-order valence-corrected chi connectivity index (χ2v) is 18.6. The maximum atomic E-state index is 2.52. The fraction of sp³-hybridized carbons (Fsp3) is 0.0462. The summed E-state index contributed by atoms with van der Waals surface area (Å²) in [6.45, 7) is 4.87. The van der Waals surface area contributed by atoms with Crippen molar-refractivity contribution < 1.29 is 0 Å². The van der Waals surface area contributed by atoms with Crippen LogP contribution in [0.5, 0.6) is 0 Å². The fourth-order valence-corrected chi connectivity index (χ4v) is 12.3. The van der Waals surface area contributed by atoms with Crippen LogP contribution < -0.4 is 0 Å². The zero-order valence-corrected chi connectivity index (χ0v) is 36.3. The van der Waals surface area contributed by atoms with Crippen molar-refractivity contribution in [3.8, 4) is 77.9 Å². The van der Waals surface area contributed by atoms with Gasteiger partial charge in [0, 0.05) is 5.41 Å². The molecule has 0 radical (unpaired) electrons. The van der Waals surface area contributed by atoms with E-state index in [1.807, 2.05) is 0 Å². The Labute approximate surface area is 378 Å². The summed E-state index contributed by atoms with van der Waals surface area (Å²) < 4.78 is 0. The van der Waals surface area contributed by atoms with Gasteiger partial charge in [0.05, 0.1) is 0 Å². The van der Waals surface area contributed by atoms with Crippen LogP contribution in [-0.2, 0) is 5.41 Å². The Kier molecular flexibility index (Phi) is 7.55. The third-order valence-electron chi connectivity index (χ3n) is 15.0. The van der Waals surface area contributed by atoms with Gasteiger partial charge in [-0.05, 0) is 149 Å². The maximum Gasteiger partial charge on any atom is 0.0165 e. The lowest BCUT2D eigenvalue weighted by Crippen LogP contribution is -2.16. The quantitative estimate of drug-likeness (QED) is 0.155. The molecule has 0 fully saturated rings. The van der Waals surface area contributed by atoms with Crippen LogP contribution in [0.2, 0.25) is 0 Å². The molecule has 0 atom stereocenters. The molecule has 0 saturated heterocycles. The molecule has 12 aromatic carbocycles. The molecule has 0 spiro atoms. The lowest BCUT2D eigenvalue weighted by Gasteiger charge is -2.25. The Morgan fingerprint density at radius 1 is 0.246 bits per heavy atom. The highest BCUT2D eigenvalue weighted by Crippen LogP contribution is 2.60. The van der Waals surface area contributed by atoms with Crippen molar-refractivity contribution in [3.63, 3.8) is 0 Å². The van der Waals surface area contributed by atoms with Crippen LogP contribution >= 0.6 is 0 Å². The SMILES string of the molecule is CC1(C)c2cc(-c3ccc(-c4ccc5c6c(cccc46)-c4c-5c(-c5ccccc5)c5ccccc5c4-c4ccccc4)cc3)c3ccccc3c2-c2c1c1ccccc1c1ccccc21. The molecule has 0 heteroatoms. The van der Waals surface area contributed by atoms with Crippen molar-refractivity contribution in [2.24, 2.45) is 0 Å². The molecule has 0 aromatic heterocycles. The summed E-state index contributed by atoms with van der Waals surface area (Å²) in [5.41, 5.74) is 20.8. The van der Waals surface area contributed by atoms with Gasteiger partial charge >= 0.3 is 0 Å². The molecule has 2 aliphatic carbocycles. The number of hydrogen-bond acceptors (Lipinski definition) is 0. The molecule has 0 N–H and O–H groups in total. The Bertz CT molecular complexity index is 3890. The first-order valence-corrected chi connectivity index (χ1v) is 22.9. The van der Waals surface area contributed by atoms with Crippen LogP contribution in [-0.4, -0.2) is 0 Å². The second kappa shape index (κ2) is 13.5. The van der Waals surface area contributed by atoms with Crippen molar-refractivity contribution in [2.75, 3.05) is 0 Å². The highest BCUT2D eigenvalue weighted by atomic mass is 14.4. The van der Waals surface area contributed by atoms with Crippen molar-refractivity contribution in [1.82, 2.24) is 0 Å². The van der Waals surface area contributed by atoms with E-state index < -0.39 is 0 Å². The highest BCUT2D eigenvalue weighted by Gasteiger charge is 2.40. The van der Waals surface area contributed by atoms with Crippen molar-refractivity contribution in [1.29, 1.82) is 0 Å². The van der Waals surface area contributed by atoms with Gasteiger partial charge in [-0.2, -0.15) is 0 Å². The molecular weight excluding hydrogens is 781 g/mol. The molecule has 0 heterocycles. The Balaban J connectivity index is 0.955. The molecule has 0 saturated carbocycles. The third kappa shape index (κ3) is 4.97. The molecule has 12 aromatic rings. The Hall–Kier alpha value is -8.06. The van der Waals surface area contributed by atoms with Gasteiger partial charge in [-0.25, -0.2) is 0 Å². The average molecular weight is 823 g/mol. The van der Waals surface area contributed by atoms with E-state index in [0.717, 1.165) is 0 Å². The normalized spacial score (nSPS) is 13.2. The van der Waals surface area contributed by atoms with E-state index in [1.165, 1.54) is 143 Å². The van der Waals surface area contributed by atoms with Gasteiger partial charge in [0.25, 0.3) is 0 Å². The average Bonchev–Trinajstić information content (AvgIpc) is 3.82. The van der Waals surface area contributed by atoms with Gasteiger partial charge in [-0.1, -0.05) is 226 Å². The Morgan fingerprint density at radius 3 is 1.25 bits per heavy atom. The first-order chi connectivity index (χ1) is 32.1. The minimum atomic E-state index is -0.193. The van der Waals surface area contributed by atoms with Crippen molar-refractivity contribution in [2.45, 2.75) is 19.3 Å². The number of fused-ring (bicyclic) bond motifs is 14. The van der Waals surface area contributed by atoms with Crippen molar-refractivity contribution >= 4 is 53.9 Å². The van der Waals surface area contributed by atoms with Crippen LogP contribution in [0.1, 0.15) is 25.0 Å². The predicted molar refractivity (Wildman–Crippen MR) is 278 cm³/mol. The summed E-state index contributed by atoms with van der Waals surface area (Å²) in [5, 5.41) is 13.1. The smallest absolute Gasteiger partial charge is 0.0165 e. The van der Waals surface area contributed by atoms with Gasteiger partial charge < -0.3 is 0 Å². The van der Waals surface area contributed by atoms with E-state index in [-0.39, 0.29) is 5.41 Å². The summed E-state index contributed by atoms with van der Waals surface area (Å²) in [6, 6.07) is 81.8. The summed E-state index contributed by atoms with van der Waals surface area (Å²) in [4.78, 5) is 0. The summed E-state index contributed by atoms with van der Waals surface area (Å²) in [6.07, 6.45) is 0. The lowest BCUT2D eigenvalue weighted by molar-refractivity contribution is 0.667. The Morgan fingerprint density at radius 2 is 0.662 bits per heavy atom. The van der Waals surface area contributed by atoms with Gasteiger partial charge in [0.1, 0.15) is 0 Å². The van der Waals surface area contributed by atoms with Crippen LogP contribution in [0.3, 0.4) is 0 Å². The summed E-state index contributed by atoms with van der Waals surface area (Å²) in [7, 11) is 0. The van der Waals surface area contributed by atoms with Crippen LogP contribution in [0.4, 0.5) is 0 Å². The van der Waals surface area contributed by atoms with E-state index in [1.54, 1.807) is 0 Å². The first-order valence-electron chi connectivity index (χ1n) is 22.9. The lowest BCUT2D eigenvalue weighted by atomic mass is 9.78. The summed E-state index contributed by atoms with van der Waals surface area (Å²) in [5.74, 6) is 0. The van der Waals surface area contributed by atoms with E-state index in [4.69, 9.17) is 0 Å². The van der Waals surface area contributed by atoms with E-state index in [0.29, 0.717) is 0 Å². The molecule has 0 nitrogen and oxygen atoms in total. The van der Waals surface area contributed by atoms with E-state index in [9.17, 15) is 0 Å². The molecule has 65 heavy (non-hydrogen) atoms. The van der Waals surface area contributed by atoms with Gasteiger partial charge in [-0.15, -0.1) is 0 Å². The molecule has 2 aliphatic rings. The number of benzene rings is 12. The number of rotatable bonds is 4.